The predicted octanol–water partition coefficient (Wildman–Crippen LogP) is 2.87. The minimum Gasteiger partial charge on any atom is -0.469 e. The molecule has 1 aromatic rings. The second kappa shape index (κ2) is 7.87. The Bertz CT molecular complexity index is 546. The van der Waals surface area contributed by atoms with Gasteiger partial charge < -0.3 is 9.64 Å². The van der Waals surface area contributed by atoms with E-state index in [-0.39, 0.29) is 18.0 Å². The van der Waals surface area contributed by atoms with Gasteiger partial charge in [-0.3, -0.25) is 9.59 Å². The maximum atomic E-state index is 13.3. The van der Waals surface area contributed by atoms with Gasteiger partial charge in [0.15, 0.2) is 11.6 Å². The number of nitrogens with zero attached hydrogens (tertiary/aromatic N) is 1. The molecule has 0 N–H and O–H groups in total. The summed E-state index contributed by atoms with van der Waals surface area (Å²) in [7, 11) is 1.28. The fraction of sp³-hybridized carbons (Fsp3) is 0.500. The van der Waals surface area contributed by atoms with E-state index in [0.29, 0.717) is 6.54 Å². The number of halogens is 2. The van der Waals surface area contributed by atoms with Gasteiger partial charge in [-0.1, -0.05) is 20.8 Å². The van der Waals surface area contributed by atoms with Crippen LogP contribution in [0.25, 0.3) is 0 Å². The maximum absolute atomic E-state index is 13.3. The zero-order valence-corrected chi connectivity index (χ0v) is 13.2. The molecule has 6 heteroatoms. The van der Waals surface area contributed by atoms with Gasteiger partial charge in [-0.05, 0) is 24.1 Å². The summed E-state index contributed by atoms with van der Waals surface area (Å²) in [5.74, 6) is -3.28. The molecule has 0 radical (unpaired) electrons. The fourth-order valence-electron chi connectivity index (χ4n) is 2.10. The van der Waals surface area contributed by atoms with Gasteiger partial charge in [0.2, 0.25) is 0 Å². The Labute approximate surface area is 129 Å². The van der Waals surface area contributed by atoms with Gasteiger partial charge in [0.05, 0.1) is 13.0 Å². The smallest absolute Gasteiger partial charge is 0.310 e. The number of rotatable bonds is 6. The standard InChI is InChI=1S/C16H21F2NO3/c1-10(2)8-19(9-11(3)16(21)22-4)15(20)12-5-6-13(17)14(18)7-12/h5-7,10-11H,8-9H2,1-4H3. The number of hydrogen-bond donors (Lipinski definition) is 0. The van der Waals surface area contributed by atoms with E-state index < -0.39 is 29.4 Å². The number of benzene rings is 1. The summed E-state index contributed by atoms with van der Waals surface area (Å²) in [4.78, 5) is 25.5. The van der Waals surface area contributed by atoms with Crippen molar-refractivity contribution in [2.45, 2.75) is 20.8 Å². The predicted molar refractivity (Wildman–Crippen MR) is 78.3 cm³/mol. The third-order valence-electron chi connectivity index (χ3n) is 3.14. The summed E-state index contributed by atoms with van der Waals surface area (Å²) in [6.45, 7) is 6.06. The van der Waals surface area contributed by atoms with Gasteiger partial charge in [-0.2, -0.15) is 0 Å². The Morgan fingerprint density at radius 3 is 2.27 bits per heavy atom. The molecule has 1 rings (SSSR count). The molecular formula is C16H21F2NO3. The highest BCUT2D eigenvalue weighted by molar-refractivity contribution is 5.94. The molecule has 22 heavy (non-hydrogen) atoms. The van der Waals surface area contributed by atoms with E-state index in [4.69, 9.17) is 0 Å². The highest BCUT2D eigenvalue weighted by Gasteiger charge is 2.23. The molecule has 0 saturated carbocycles. The van der Waals surface area contributed by atoms with Crippen LogP contribution in [0.1, 0.15) is 31.1 Å². The molecule has 0 aliphatic rings. The minimum atomic E-state index is -1.07. The van der Waals surface area contributed by atoms with Crippen molar-refractivity contribution in [1.29, 1.82) is 0 Å². The second-order valence-corrected chi connectivity index (χ2v) is 5.66. The van der Waals surface area contributed by atoms with Crippen LogP contribution in [0.15, 0.2) is 18.2 Å². The molecule has 1 unspecified atom stereocenters. The van der Waals surface area contributed by atoms with Crippen LogP contribution in [-0.4, -0.2) is 37.0 Å². The van der Waals surface area contributed by atoms with Crippen molar-refractivity contribution in [2.75, 3.05) is 20.2 Å². The van der Waals surface area contributed by atoms with Crippen LogP contribution >= 0.6 is 0 Å². The van der Waals surface area contributed by atoms with E-state index in [1.807, 2.05) is 13.8 Å². The summed E-state index contributed by atoms with van der Waals surface area (Å²) in [6, 6.07) is 3.02. The molecule has 0 aliphatic heterocycles. The van der Waals surface area contributed by atoms with Crippen molar-refractivity contribution >= 4 is 11.9 Å². The first-order chi connectivity index (χ1) is 10.3. The Balaban J connectivity index is 2.97. The fourth-order valence-corrected chi connectivity index (χ4v) is 2.10. The highest BCUT2D eigenvalue weighted by atomic mass is 19.2. The van der Waals surface area contributed by atoms with Crippen LogP contribution < -0.4 is 0 Å². The first-order valence-corrected chi connectivity index (χ1v) is 7.08. The van der Waals surface area contributed by atoms with E-state index in [2.05, 4.69) is 4.74 Å². The van der Waals surface area contributed by atoms with Crippen molar-refractivity contribution in [1.82, 2.24) is 4.90 Å². The molecule has 0 saturated heterocycles. The third-order valence-corrected chi connectivity index (χ3v) is 3.14. The number of ether oxygens (including phenoxy) is 1. The molecule has 0 heterocycles. The average molecular weight is 313 g/mol. The first kappa shape index (κ1) is 18.1. The summed E-state index contributed by atoms with van der Waals surface area (Å²) in [5, 5.41) is 0. The van der Waals surface area contributed by atoms with Gasteiger partial charge in [0.25, 0.3) is 5.91 Å². The molecule has 4 nitrogen and oxygen atoms in total. The molecule has 0 fully saturated rings. The minimum absolute atomic E-state index is 0.0524. The molecule has 0 aliphatic carbocycles. The van der Waals surface area contributed by atoms with Crippen molar-refractivity contribution < 1.29 is 23.1 Å². The zero-order chi connectivity index (χ0) is 16.9. The molecule has 122 valence electrons. The number of methoxy groups -OCH3 is 1. The Morgan fingerprint density at radius 1 is 1.14 bits per heavy atom. The topological polar surface area (TPSA) is 46.6 Å². The van der Waals surface area contributed by atoms with Crippen LogP contribution in [0.2, 0.25) is 0 Å². The van der Waals surface area contributed by atoms with Crippen LogP contribution in [0.4, 0.5) is 8.78 Å². The van der Waals surface area contributed by atoms with E-state index in [1.165, 1.54) is 18.1 Å². The first-order valence-electron chi connectivity index (χ1n) is 7.08. The molecule has 0 bridgehead atoms. The Hall–Kier alpha value is -1.98. The second-order valence-electron chi connectivity index (χ2n) is 5.66. The maximum Gasteiger partial charge on any atom is 0.310 e. The van der Waals surface area contributed by atoms with E-state index in [1.54, 1.807) is 6.92 Å². The summed E-state index contributed by atoms with van der Waals surface area (Å²) >= 11 is 0. The summed E-state index contributed by atoms with van der Waals surface area (Å²) in [5.41, 5.74) is 0.0524. The number of carbonyl (C=O) groups is 2. The van der Waals surface area contributed by atoms with Gasteiger partial charge in [-0.15, -0.1) is 0 Å². The van der Waals surface area contributed by atoms with E-state index >= 15 is 0 Å². The molecule has 0 spiro atoms. The lowest BCUT2D eigenvalue weighted by atomic mass is 10.1. The number of esters is 1. The van der Waals surface area contributed by atoms with Gasteiger partial charge in [-0.25, -0.2) is 8.78 Å². The third kappa shape index (κ3) is 4.79. The summed E-state index contributed by atoms with van der Waals surface area (Å²) < 4.78 is 30.9. The van der Waals surface area contributed by atoms with Crippen molar-refractivity contribution in [3.8, 4) is 0 Å². The highest BCUT2D eigenvalue weighted by Crippen LogP contribution is 2.14. The lowest BCUT2D eigenvalue weighted by molar-refractivity contribution is -0.145. The van der Waals surface area contributed by atoms with Crippen molar-refractivity contribution in [3.05, 3.63) is 35.4 Å². The van der Waals surface area contributed by atoms with Crippen LogP contribution in [0.3, 0.4) is 0 Å². The molecule has 1 aromatic carbocycles. The lowest BCUT2D eigenvalue weighted by Gasteiger charge is -2.27. The van der Waals surface area contributed by atoms with E-state index in [0.717, 1.165) is 12.1 Å². The quantitative estimate of drug-likeness (QED) is 0.759. The normalized spacial score (nSPS) is 12.1. The molecule has 0 aromatic heterocycles. The summed E-state index contributed by atoms with van der Waals surface area (Å²) in [6.07, 6.45) is 0. The monoisotopic (exact) mass is 313 g/mol. The number of carbonyl (C=O) groups excluding carboxylic acids is 2. The molecular weight excluding hydrogens is 292 g/mol. The van der Waals surface area contributed by atoms with Crippen LogP contribution in [-0.2, 0) is 9.53 Å². The number of hydrogen-bond acceptors (Lipinski definition) is 3. The van der Waals surface area contributed by atoms with Gasteiger partial charge in [0.1, 0.15) is 0 Å². The largest absolute Gasteiger partial charge is 0.469 e. The van der Waals surface area contributed by atoms with Crippen LogP contribution in [0, 0.1) is 23.5 Å². The SMILES string of the molecule is COC(=O)C(C)CN(CC(C)C)C(=O)c1ccc(F)c(F)c1. The van der Waals surface area contributed by atoms with Crippen LogP contribution in [0.5, 0.6) is 0 Å². The number of amides is 1. The van der Waals surface area contributed by atoms with Crippen molar-refractivity contribution in [3.63, 3.8) is 0 Å². The molecule has 1 amide bonds. The van der Waals surface area contributed by atoms with Gasteiger partial charge in [0, 0.05) is 18.7 Å². The van der Waals surface area contributed by atoms with Gasteiger partial charge >= 0.3 is 5.97 Å². The van der Waals surface area contributed by atoms with E-state index in [9.17, 15) is 18.4 Å². The molecule has 1 atom stereocenters. The Morgan fingerprint density at radius 2 is 1.77 bits per heavy atom. The lowest BCUT2D eigenvalue weighted by Crippen LogP contribution is -2.39. The Kier molecular flexibility index (Phi) is 6.46. The average Bonchev–Trinajstić information content (AvgIpc) is 2.47. The zero-order valence-electron chi connectivity index (χ0n) is 13.2. The van der Waals surface area contributed by atoms with Crippen molar-refractivity contribution in [2.24, 2.45) is 11.8 Å².